The standard InChI is InChI=1S/C24H28N4O3S/c1-4-27-9-11-28(12-10-27)18-7-8-19(16(2)14-18)25-24(30)22-17(3)15-21(32-22)26-23(29)20-6-5-13-31-20/h5-8,13-15H,4,9-12H2,1-3H3,(H,25,30)(H,26,29). The summed E-state index contributed by atoms with van der Waals surface area (Å²) in [5.74, 6) is -0.290. The fraction of sp³-hybridized carbons (Fsp3) is 0.333. The lowest BCUT2D eigenvalue weighted by molar-refractivity contribution is 0.0995. The van der Waals surface area contributed by atoms with Gasteiger partial charge < -0.3 is 24.9 Å². The van der Waals surface area contributed by atoms with Gasteiger partial charge in [0.05, 0.1) is 16.1 Å². The molecule has 8 heteroatoms. The Labute approximate surface area is 192 Å². The highest BCUT2D eigenvalue weighted by Crippen LogP contribution is 2.29. The second-order valence-electron chi connectivity index (χ2n) is 7.93. The van der Waals surface area contributed by atoms with Crippen LogP contribution in [0.25, 0.3) is 0 Å². The summed E-state index contributed by atoms with van der Waals surface area (Å²) in [6, 6.07) is 11.2. The van der Waals surface area contributed by atoms with E-state index in [0.717, 1.165) is 49.5 Å². The Balaban J connectivity index is 1.41. The molecule has 0 bridgehead atoms. The molecular weight excluding hydrogens is 424 g/mol. The molecule has 0 aliphatic carbocycles. The molecular formula is C24H28N4O3S. The summed E-state index contributed by atoms with van der Waals surface area (Å²) in [4.78, 5) is 30.5. The van der Waals surface area contributed by atoms with Gasteiger partial charge in [-0.3, -0.25) is 9.59 Å². The number of piperazine rings is 1. The molecule has 0 saturated carbocycles. The van der Waals surface area contributed by atoms with E-state index < -0.39 is 0 Å². The highest BCUT2D eigenvalue weighted by atomic mass is 32.1. The first-order chi connectivity index (χ1) is 15.4. The van der Waals surface area contributed by atoms with Gasteiger partial charge in [-0.2, -0.15) is 0 Å². The molecule has 0 unspecified atom stereocenters. The summed E-state index contributed by atoms with van der Waals surface area (Å²) in [5, 5.41) is 6.41. The molecule has 1 fully saturated rings. The van der Waals surface area contributed by atoms with Gasteiger partial charge in [-0.25, -0.2) is 0 Å². The molecule has 168 valence electrons. The van der Waals surface area contributed by atoms with Crippen molar-refractivity contribution in [3.05, 3.63) is 64.4 Å². The summed E-state index contributed by atoms with van der Waals surface area (Å²) in [6.45, 7) is 11.3. The zero-order valence-corrected chi connectivity index (χ0v) is 19.4. The van der Waals surface area contributed by atoms with E-state index >= 15 is 0 Å². The van der Waals surface area contributed by atoms with Crippen molar-refractivity contribution in [2.24, 2.45) is 0 Å². The highest BCUT2D eigenvalue weighted by Gasteiger charge is 2.19. The van der Waals surface area contributed by atoms with Crippen LogP contribution in [0.5, 0.6) is 0 Å². The Morgan fingerprint density at radius 1 is 1.00 bits per heavy atom. The summed E-state index contributed by atoms with van der Waals surface area (Å²) in [5.41, 5.74) is 3.81. The number of hydrogen-bond acceptors (Lipinski definition) is 6. The maximum atomic E-state index is 12.9. The smallest absolute Gasteiger partial charge is 0.291 e. The van der Waals surface area contributed by atoms with Crippen LogP contribution < -0.4 is 15.5 Å². The Morgan fingerprint density at radius 3 is 2.44 bits per heavy atom. The van der Waals surface area contributed by atoms with Gasteiger partial charge in [-0.15, -0.1) is 11.3 Å². The number of rotatable bonds is 6. The molecule has 2 amide bonds. The number of anilines is 3. The van der Waals surface area contributed by atoms with Gasteiger partial charge >= 0.3 is 0 Å². The molecule has 2 aromatic heterocycles. The van der Waals surface area contributed by atoms with E-state index in [0.29, 0.717) is 9.88 Å². The van der Waals surface area contributed by atoms with Crippen molar-refractivity contribution >= 4 is 39.5 Å². The zero-order chi connectivity index (χ0) is 22.7. The molecule has 3 aromatic rings. The first kappa shape index (κ1) is 22.1. The SMILES string of the molecule is CCN1CCN(c2ccc(NC(=O)c3sc(NC(=O)c4ccco4)cc3C)c(C)c2)CC1. The van der Waals surface area contributed by atoms with Crippen molar-refractivity contribution in [2.45, 2.75) is 20.8 Å². The number of carbonyl (C=O) groups is 2. The van der Waals surface area contributed by atoms with Crippen LogP contribution in [0.15, 0.2) is 47.1 Å². The molecule has 1 aliphatic rings. The predicted molar refractivity (Wildman–Crippen MR) is 129 cm³/mol. The van der Waals surface area contributed by atoms with Crippen molar-refractivity contribution < 1.29 is 14.0 Å². The van der Waals surface area contributed by atoms with Crippen LogP contribution in [-0.4, -0.2) is 49.4 Å². The largest absolute Gasteiger partial charge is 0.459 e. The van der Waals surface area contributed by atoms with Crippen LogP contribution in [0.4, 0.5) is 16.4 Å². The van der Waals surface area contributed by atoms with E-state index in [9.17, 15) is 9.59 Å². The lowest BCUT2D eigenvalue weighted by atomic mass is 10.1. The lowest BCUT2D eigenvalue weighted by Crippen LogP contribution is -2.46. The second kappa shape index (κ2) is 9.58. The van der Waals surface area contributed by atoms with Crippen LogP contribution in [0.2, 0.25) is 0 Å². The molecule has 1 aliphatic heterocycles. The van der Waals surface area contributed by atoms with Gasteiger partial charge in [0.2, 0.25) is 0 Å². The van der Waals surface area contributed by atoms with Gasteiger partial charge in [-0.1, -0.05) is 6.92 Å². The van der Waals surface area contributed by atoms with E-state index in [-0.39, 0.29) is 17.6 Å². The number of carbonyl (C=O) groups excluding carboxylic acids is 2. The Hall–Kier alpha value is -3.10. The Morgan fingerprint density at radius 2 is 1.78 bits per heavy atom. The fourth-order valence-corrected chi connectivity index (χ4v) is 4.80. The first-order valence-electron chi connectivity index (χ1n) is 10.8. The summed E-state index contributed by atoms with van der Waals surface area (Å²) < 4.78 is 5.12. The van der Waals surface area contributed by atoms with Crippen LogP contribution in [0.1, 0.15) is 38.3 Å². The van der Waals surface area contributed by atoms with Gasteiger partial charge in [0.1, 0.15) is 0 Å². The molecule has 1 saturated heterocycles. The molecule has 32 heavy (non-hydrogen) atoms. The van der Waals surface area contributed by atoms with Crippen LogP contribution in [0, 0.1) is 13.8 Å². The molecule has 3 heterocycles. The van der Waals surface area contributed by atoms with Crippen molar-refractivity contribution in [2.75, 3.05) is 48.3 Å². The third kappa shape index (κ3) is 4.87. The van der Waals surface area contributed by atoms with Crippen LogP contribution in [-0.2, 0) is 0 Å². The third-order valence-corrected chi connectivity index (χ3v) is 6.90. The van der Waals surface area contributed by atoms with E-state index in [1.807, 2.05) is 19.9 Å². The topological polar surface area (TPSA) is 77.8 Å². The maximum Gasteiger partial charge on any atom is 0.291 e. The van der Waals surface area contributed by atoms with Crippen molar-refractivity contribution in [1.29, 1.82) is 0 Å². The molecule has 1 aromatic carbocycles. The molecule has 7 nitrogen and oxygen atoms in total. The van der Waals surface area contributed by atoms with Crippen molar-refractivity contribution in [3.63, 3.8) is 0 Å². The number of thiophene rings is 1. The monoisotopic (exact) mass is 452 g/mol. The molecule has 2 N–H and O–H groups in total. The van der Waals surface area contributed by atoms with E-state index in [1.54, 1.807) is 18.2 Å². The average molecular weight is 453 g/mol. The predicted octanol–water partition coefficient (Wildman–Crippen LogP) is 4.60. The maximum absolute atomic E-state index is 12.9. The Kier molecular flexibility index (Phi) is 6.62. The lowest BCUT2D eigenvalue weighted by Gasteiger charge is -2.35. The minimum Gasteiger partial charge on any atom is -0.459 e. The normalized spacial score (nSPS) is 14.4. The number of aryl methyl sites for hydroxylation is 2. The van der Waals surface area contributed by atoms with Crippen molar-refractivity contribution in [1.82, 2.24) is 4.90 Å². The summed E-state index contributed by atoms with van der Waals surface area (Å²) >= 11 is 1.25. The van der Waals surface area contributed by atoms with Crippen molar-refractivity contribution in [3.8, 4) is 0 Å². The number of benzene rings is 1. The third-order valence-electron chi connectivity index (χ3n) is 5.75. The number of nitrogens with zero attached hydrogens (tertiary/aromatic N) is 2. The molecule has 4 rings (SSSR count). The molecule has 0 atom stereocenters. The van der Waals surface area contributed by atoms with Gasteiger partial charge in [0.15, 0.2) is 5.76 Å². The highest BCUT2D eigenvalue weighted by molar-refractivity contribution is 7.18. The molecule has 0 radical (unpaired) electrons. The van der Waals surface area contributed by atoms with Gasteiger partial charge in [0, 0.05) is 37.6 Å². The fourth-order valence-electron chi connectivity index (χ4n) is 3.84. The van der Waals surface area contributed by atoms with Gasteiger partial charge in [-0.05, 0) is 67.9 Å². The minimum absolute atomic E-state index is 0.182. The average Bonchev–Trinajstić information content (AvgIpc) is 3.45. The van der Waals surface area contributed by atoms with Gasteiger partial charge in [0.25, 0.3) is 11.8 Å². The number of likely N-dealkylation sites (N-methyl/N-ethyl adjacent to an activating group) is 1. The first-order valence-corrected chi connectivity index (χ1v) is 11.6. The second-order valence-corrected chi connectivity index (χ2v) is 8.98. The van der Waals surface area contributed by atoms with Crippen LogP contribution >= 0.6 is 11.3 Å². The molecule has 0 spiro atoms. The quantitative estimate of drug-likeness (QED) is 0.571. The van der Waals surface area contributed by atoms with E-state index in [4.69, 9.17) is 4.42 Å². The number of nitrogens with one attached hydrogen (secondary N) is 2. The minimum atomic E-state index is -0.339. The van der Waals surface area contributed by atoms with E-state index in [2.05, 4.69) is 39.5 Å². The van der Waals surface area contributed by atoms with Crippen LogP contribution in [0.3, 0.4) is 0 Å². The number of hydrogen-bond donors (Lipinski definition) is 2. The van der Waals surface area contributed by atoms with E-state index in [1.165, 1.54) is 23.3 Å². The number of amides is 2. The Bertz CT molecular complexity index is 1100. The number of furan rings is 1. The zero-order valence-electron chi connectivity index (χ0n) is 18.6. The summed E-state index contributed by atoms with van der Waals surface area (Å²) in [6.07, 6.45) is 1.45. The summed E-state index contributed by atoms with van der Waals surface area (Å²) in [7, 11) is 0.